The first kappa shape index (κ1) is 24.7. The van der Waals surface area contributed by atoms with E-state index in [4.69, 9.17) is 9.47 Å². The number of carboxylic acids is 1. The summed E-state index contributed by atoms with van der Waals surface area (Å²) < 4.78 is 10.6. The predicted molar refractivity (Wildman–Crippen MR) is 130 cm³/mol. The first-order valence-corrected chi connectivity index (χ1v) is 12.1. The van der Waals surface area contributed by atoms with E-state index in [1.807, 2.05) is 36.4 Å². The third-order valence-corrected chi connectivity index (χ3v) is 7.04. The second kappa shape index (κ2) is 10.9. The van der Waals surface area contributed by atoms with Crippen molar-refractivity contribution in [3.05, 3.63) is 59.7 Å². The number of benzene rings is 2. The van der Waals surface area contributed by atoms with E-state index in [0.717, 1.165) is 41.5 Å². The summed E-state index contributed by atoms with van der Waals surface area (Å²) in [5.74, 6) is -1.72. The molecule has 1 fully saturated rings. The smallest absolute Gasteiger partial charge is 0.408 e. The molecule has 2 amide bonds. The van der Waals surface area contributed by atoms with E-state index in [2.05, 4.69) is 22.8 Å². The summed E-state index contributed by atoms with van der Waals surface area (Å²) in [7, 11) is 1.47. The quantitative estimate of drug-likeness (QED) is 0.503. The maximum absolute atomic E-state index is 13.2. The molecule has 4 rings (SSSR count). The number of hydrogen-bond acceptors (Lipinski definition) is 5. The van der Waals surface area contributed by atoms with Gasteiger partial charge in [-0.25, -0.2) is 9.59 Å². The van der Waals surface area contributed by atoms with E-state index in [1.54, 1.807) is 0 Å². The predicted octanol–water partition coefficient (Wildman–Crippen LogP) is 3.83. The molecule has 8 heteroatoms. The van der Waals surface area contributed by atoms with Gasteiger partial charge < -0.3 is 25.2 Å². The molecule has 2 aromatic rings. The van der Waals surface area contributed by atoms with Crippen molar-refractivity contribution in [3.63, 3.8) is 0 Å². The Bertz CT molecular complexity index is 1030. The first-order chi connectivity index (χ1) is 16.9. The number of nitrogens with one attached hydrogen (secondary N) is 2. The van der Waals surface area contributed by atoms with Gasteiger partial charge in [-0.2, -0.15) is 0 Å². The normalized spacial score (nSPS) is 17.1. The van der Waals surface area contributed by atoms with Gasteiger partial charge in [0.25, 0.3) is 0 Å². The molecule has 2 aliphatic rings. The van der Waals surface area contributed by atoms with Crippen molar-refractivity contribution >= 4 is 18.0 Å². The fourth-order valence-electron chi connectivity index (χ4n) is 5.18. The van der Waals surface area contributed by atoms with Gasteiger partial charge in [-0.3, -0.25) is 4.79 Å². The third-order valence-electron chi connectivity index (χ3n) is 7.04. The number of aliphatic carboxylic acids is 1. The lowest BCUT2D eigenvalue weighted by Gasteiger charge is -2.37. The van der Waals surface area contributed by atoms with Crippen LogP contribution < -0.4 is 10.6 Å². The van der Waals surface area contributed by atoms with Crippen LogP contribution in [0, 0.1) is 0 Å². The molecule has 0 bridgehead atoms. The van der Waals surface area contributed by atoms with Crippen molar-refractivity contribution in [3.8, 4) is 11.1 Å². The van der Waals surface area contributed by atoms with Gasteiger partial charge in [-0.15, -0.1) is 0 Å². The van der Waals surface area contributed by atoms with Crippen LogP contribution in [-0.2, 0) is 19.1 Å². The molecule has 35 heavy (non-hydrogen) atoms. The van der Waals surface area contributed by atoms with Gasteiger partial charge in [0, 0.05) is 26.1 Å². The number of carbonyl (C=O) groups excluding carboxylic acids is 2. The number of hydrogen-bond donors (Lipinski definition) is 3. The Hall–Kier alpha value is -3.39. The average Bonchev–Trinajstić information content (AvgIpc) is 3.19. The zero-order valence-corrected chi connectivity index (χ0v) is 19.9. The number of alkyl carbamates (subject to hydrolysis) is 1. The topological polar surface area (TPSA) is 114 Å². The molecule has 0 aliphatic heterocycles. The lowest BCUT2D eigenvalue weighted by atomic mass is 9.80. The van der Waals surface area contributed by atoms with Crippen LogP contribution in [0.3, 0.4) is 0 Å². The van der Waals surface area contributed by atoms with Crippen molar-refractivity contribution in [1.29, 1.82) is 0 Å². The van der Waals surface area contributed by atoms with Gasteiger partial charge in [-0.1, -0.05) is 67.8 Å². The average molecular weight is 481 g/mol. The highest BCUT2D eigenvalue weighted by atomic mass is 16.5. The van der Waals surface area contributed by atoms with Crippen LogP contribution in [0.4, 0.5) is 4.79 Å². The number of amides is 2. The van der Waals surface area contributed by atoms with Gasteiger partial charge >= 0.3 is 12.1 Å². The molecule has 3 N–H and O–H groups in total. The molecule has 186 valence electrons. The summed E-state index contributed by atoms with van der Waals surface area (Å²) in [6.45, 7) is 0.340. The van der Waals surface area contributed by atoms with Gasteiger partial charge in [-0.05, 0) is 35.1 Å². The molecule has 8 nitrogen and oxygen atoms in total. The van der Waals surface area contributed by atoms with Crippen molar-refractivity contribution in [1.82, 2.24) is 10.6 Å². The second-order valence-corrected chi connectivity index (χ2v) is 9.24. The summed E-state index contributed by atoms with van der Waals surface area (Å²) in [5, 5.41) is 14.9. The zero-order chi connectivity index (χ0) is 24.8. The van der Waals surface area contributed by atoms with E-state index in [1.165, 1.54) is 7.11 Å². The molecule has 1 atom stereocenters. The lowest BCUT2D eigenvalue weighted by Crippen LogP contribution is -2.62. The maximum Gasteiger partial charge on any atom is 0.408 e. The van der Waals surface area contributed by atoms with E-state index < -0.39 is 29.6 Å². The fourth-order valence-corrected chi connectivity index (χ4v) is 5.18. The van der Waals surface area contributed by atoms with Crippen LogP contribution in [0.2, 0.25) is 0 Å². The van der Waals surface area contributed by atoms with Crippen molar-refractivity contribution in [2.45, 2.75) is 56.0 Å². The lowest BCUT2D eigenvalue weighted by molar-refractivity contribution is -0.143. The molecule has 0 saturated heterocycles. The molecule has 1 saturated carbocycles. The van der Waals surface area contributed by atoms with Gasteiger partial charge in [0.2, 0.25) is 5.91 Å². The van der Waals surface area contributed by atoms with Crippen molar-refractivity contribution in [2.24, 2.45) is 0 Å². The van der Waals surface area contributed by atoms with Gasteiger partial charge in [0.1, 0.15) is 18.2 Å². The van der Waals surface area contributed by atoms with Crippen LogP contribution in [0.5, 0.6) is 0 Å². The fraction of sp³-hybridized carbons (Fsp3) is 0.444. The molecular formula is C27H32N2O6. The summed E-state index contributed by atoms with van der Waals surface area (Å²) >= 11 is 0. The molecule has 1 unspecified atom stereocenters. The van der Waals surface area contributed by atoms with E-state index in [9.17, 15) is 19.5 Å². The number of methoxy groups -OCH3 is 1. The number of ether oxygens (including phenoxy) is 2. The number of fused-ring (bicyclic) bond motifs is 3. The van der Waals surface area contributed by atoms with E-state index >= 15 is 0 Å². The first-order valence-electron chi connectivity index (χ1n) is 12.1. The zero-order valence-electron chi connectivity index (χ0n) is 19.9. The van der Waals surface area contributed by atoms with Crippen molar-refractivity contribution in [2.75, 3.05) is 20.3 Å². The number of rotatable bonds is 9. The van der Waals surface area contributed by atoms with Crippen molar-refractivity contribution < 1.29 is 29.0 Å². The van der Waals surface area contributed by atoms with Crippen LogP contribution in [0.25, 0.3) is 11.1 Å². The minimum atomic E-state index is -1.19. The summed E-state index contributed by atoms with van der Waals surface area (Å²) in [6, 6.07) is 15.1. The molecule has 2 aliphatic carbocycles. The largest absolute Gasteiger partial charge is 0.480 e. The van der Waals surface area contributed by atoms with E-state index in [-0.39, 0.29) is 25.6 Å². The third kappa shape index (κ3) is 5.32. The Morgan fingerprint density at radius 2 is 1.60 bits per heavy atom. The monoisotopic (exact) mass is 480 g/mol. The Kier molecular flexibility index (Phi) is 7.70. The Morgan fingerprint density at radius 3 is 2.17 bits per heavy atom. The van der Waals surface area contributed by atoms with Gasteiger partial charge in [0.15, 0.2) is 0 Å². The summed E-state index contributed by atoms with van der Waals surface area (Å²) in [4.78, 5) is 37.8. The molecule has 0 heterocycles. The second-order valence-electron chi connectivity index (χ2n) is 9.24. The highest BCUT2D eigenvalue weighted by Gasteiger charge is 2.43. The number of carbonyl (C=O) groups is 3. The van der Waals surface area contributed by atoms with Gasteiger partial charge in [0.05, 0.1) is 0 Å². The standard InChI is InChI=1S/C27H32N2O6/c1-34-16-13-23(24(30)31)28-25(32)27(14-7-2-8-15-27)29-26(33)35-17-22-20-11-5-3-9-18(20)19-10-4-6-12-21(19)22/h3-6,9-12,22-23H,2,7-8,13-17H2,1H3,(H,28,32)(H,29,33)(H,30,31). The van der Waals surface area contributed by atoms with Crippen LogP contribution in [0.1, 0.15) is 55.6 Å². The minimum Gasteiger partial charge on any atom is -0.480 e. The molecule has 0 spiro atoms. The number of carboxylic acid groups (broad SMARTS) is 1. The van der Waals surface area contributed by atoms with Crippen LogP contribution in [-0.4, -0.2) is 55.0 Å². The molecular weight excluding hydrogens is 448 g/mol. The molecule has 0 radical (unpaired) electrons. The van der Waals surface area contributed by atoms with Crippen LogP contribution in [0.15, 0.2) is 48.5 Å². The highest BCUT2D eigenvalue weighted by Crippen LogP contribution is 2.44. The van der Waals surface area contributed by atoms with Crippen LogP contribution >= 0.6 is 0 Å². The molecule has 0 aromatic heterocycles. The van der Waals surface area contributed by atoms with E-state index in [0.29, 0.717) is 12.8 Å². The minimum absolute atomic E-state index is 0.0882. The Labute approximate surface area is 205 Å². The summed E-state index contributed by atoms with van der Waals surface area (Å²) in [6.07, 6.45) is 2.79. The SMILES string of the molecule is COCCC(NC(=O)C1(NC(=O)OCC2c3ccccc3-c3ccccc32)CCCCC1)C(=O)O. The summed E-state index contributed by atoms with van der Waals surface area (Å²) in [5.41, 5.74) is 3.29. The maximum atomic E-state index is 13.2. The Balaban J connectivity index is 1.45. The highest BCUT2D eigenvalue weighted by molar-refractivity contribution is 5.93. The Morgan fingerprint density at radius 1 is 1.00 bits per heavy atom. The molecule has 2 aromatic carbocycles.